The van der Waals surface area contributed by atoms with E-state index < -0.39 is 0 Å². The number of fused-ring (bicyclic) bond motifs is 1. The van der Waals surface area contributed by atoms with Crippen molar-refractivity contribution in [2.75, 3.05) is 5.73 Å². The van der Waals surface area contributed by atoms with Crippen molar-refractivity contribution in [2.45, 2.75) is 0 Å². The number of aromatic nitrogens is 2. The van der Waals surface area contributed by atoms with Gasteiger partial charge in [0.1, 0.15) is 5.69 Å². The van der Waals surface area contributed by atoms with Crippen LogP contribution in [0, 0.1) is 0 Å². The minimum absolute atomic E-state index is 0.223. The lowest BCUT2D eigenvalue weighted by Gasteiger charge is -1.97. The Labute approximate surface area is 68.0 Å². The summed E-state index contributed by atoms with van der Waals surface area (Å²) in [5.74, 6) is 0. The van der Waals surface area contributed by atoms with Gasteiger partial charge in [0, 0.05) is 5.39 Å². The zero-order valence-corrected chi connectivity index (χ0v) is 6.24. The summed E-state index contributed by atoms with van der Waals surface area (Å²) in [6.45, 7) is 0. The predicted molar refractivity (Wildman–Crippen MR) is 46.8 cm³/mol. The second kappa shape index (κ2) is 2.34. The molecule has 0 aliphatic rings. The molecule has 0 radical (unpaired) electrons. The van der Waals surface area contributed by atoms with Crippen molar-refractivity contribution in [3.63, 3.8) is 0 Å². The summed E-state index contributed by atoms with van der Waals surface area (Å²) in [7, 11) is 0. The number of anilines is 1. The first-order valence-electron chi connectivity index (χ1n) is 3.52. The fourth-order valence-electron chi connectivity index (χ4n) is 1.09. The standard InChI is InChI=1S/C8H7N3O/c9-7-5-3-1-2-4-6(5)10-11-8(7)12/h1-4H,(H2,9,10)(H,11,12). The molecule has 0 unspecified atom stereocenters. The van der Waals surface area contributed by atoms with Gasteiger partial charge in [-0.3, -0.25) is 4.79 Å². The number of nitrogen functional groups attached to an aromatic ring is 1. The van der Waals surface area contributed by atoms with Gasteiger partial charge in [0.15, 0.2) is 0 Å². The monoisotopic (exact) mass is 161 g/mol. The first kappa shape index (κ1) is 6.84. The summed E-state index contributed by atoms with van der Waals surface area (Å²) in [5, 5.41) is 6.83. The van der Waals surface area contributed by atoms with Crippen molar-refractivity contribution < 1.29 is 0 Å². The average molecular weight is 161 g/mol. The molecule has 4 nitrogen and oxygen atoms in total. The van der Waals surface area contributed by atoms with Gasteiger partial charge >= 0.3 is 0 Å². The lowest BCUT2D eigenvalue weighted by Crippen LogP contribution is -2.13. The second-order valence-electron chi connectivity index (χ2n) is 2.48. The zero-order valence-electron chi connectivity index (χ0n) is 6.24. The quantitative estimate of drug-likeness (QED) is 0.591. The first-order valence-corrected chi connectivity index (χ1v) is 3.52. The highest BCUT2D eigenvalue weighted by atomic mass is 16.1. The highest BCUT2D eigenvalue weighted by molar-refractivity contribution is 5.88. The smallest absolute Gasteiger partial charge is 0.287 e. The van der Waals surface area contributed by atoms with Crippen LogP contribution in [0.15, 0.2) is 29.1 Å². The van der Waals surface area contributed by atoms with Crippen LogP contribution in [0.3, 0.4) is 0 Å². The van der Waals surface area contributed by atoms with E-state index in [4.69, 9.17) is 5.73 Å². The molecule has 0 amide bonds. The van der Waals surface area contributed by atoms with E-state index in [0.717, 1.165) is 0 Å². The fraction of sp³-hybridized carbons (Fsp3) is 0. The third-order valence-corrected chi connectivity index (χ3v) is 1.72. The molecule has 0 spiro atoms. The molecule has 0 saturated carbocycles. The maximum Gasteiger partial charge on any atom is 0.287 e. The number of H-pyrrole nitrogens is 1. The van der Waals surface area contributed by atoms with Gasteiger partial charge in [0.05, 0.1) is 5.52 Å². The van der Waals surface area contributed by atoms with Crippen molar-refractivity contribution in [3.8, 4) is 0 Å². The Morgan fingerprint density at radius 1 is 1.33 bits per heavy atom. The summed E-state index contributed by atoms with van der Waals surface area (Å²) >= 11 is 0. The van der Waals surface area contributed by atoms with Crippen LogP contribution in [0.1, 0.15) is 0 Å². The van der Waals surface area contributed by atoms with Gasteiger partial charge in [0.25, 0.3) is 5.56 Å². The van der Waals surface area contributed by atoms with Gasteiger partial charge < -0.3 is 5.73 Å². The van der Waals surface area contributed by atoms with Crippen molar-refractivity contribution >= 4 is 16.6 Å². The number of benzene rings is 1. The minimum atomic E-state index is -0.339. The second-order valence-corrected chi connectivity index (χ2v) is 2.48. The van der Waals surface area contributed by atoms with Crippen LogP contribution in [0.2, 0.25) is 0 Å². The van der Waals surface area contributed by atoms with E-state index >= 15 is 0 Å². The molecular weight excluding hydrogens is 154 g/mol. The van der Waals surface area contributed by atoms with E-state index in [2.05, 4.69) is 10.2 Å². The summed E-state index contributed by atoms with van der Waals surface area (Å²) in [6.07, 6.45) is 0. The van der Waals surface area contributed by atoms with Crippen LogP contribution in [-0.2, 0) is 0 Å². The van der Waals surface area contributed by atoms with Gasteiger partial charge in [-0.15, -0.1) is 0 Å². The molecule has 4 heteroatoms. The highest BCUT2D eigenvalue weighted by Gasteiger charge is 2.00. The summed E-state index contributed by atoms with van der Waals surface area (Å²) in [6, 6.07) is 7.22. The highest BCUT2D eigenvalue weighted by Crippen LogP contribution is 2.12. The van der Waals surface area contributed by atoms with Crippen molar-refractivity contribution in [3.05, 3.63) is 34.6 Å². The van der Waals surface area contributed by atoms with Gasteiger partial charge in [0.2, 0.25) is 0 Å². The maximum absolute atomic E-state index is 11.0. The molecule has 0 atom stereocenters. The third-order valence-electron chi connectivity index (χ3n) is 1.72. The molecule has 60 valence electrons. The number of nitrogens with one attached hydrogen (secondary N) is 1. The molecule has 0 aliphatic carbocycles. The number of hydrogen-bond acceptors (Lipinski definition) is 3. The van der Waals surface area contributed by atoms with Gasteiger partial charge in [-0.25, -0.2) is 5.10 Å². The van der Waals surface area contributed by atoms with Crippen LogP contribution < -0.4 is 11.3 Å². The third kappa shape index (κ3) is 0.852. The van der Waals surface area contributed by atoms with Crippen LogP contribution in [0.5, 0.6) is 0 Å². The Morgan fingerprint density at radius 3 is 2.92 bits per heavy atom. The molecule has 0 aliphatic heterocycles. The molecule has 1 aromatic carbocycles. The predicted octanol–water partition coefficient (Wildman–Crippen LogP) is 0.505. The molecule has 1 heterocycles. The number of hydrogen-bond donors (Lipinski definition) is 2. The van der Waals surface area contributed by atoms with Crippen LogP contribution >= 0.6 is 0 Å². The Balaban J connectivity index is 3.01. The SMILES string of the molecule is Nc1c(=O)[nH]nc2ccccc12. The van der Waals surface area contributed by atoms with Crippen molar-refractivity contribution in [1.82, 2.24) is 10.2 Å². The topological polar surface area (TPSA) is 71.8 Å². The molecular formula is C8H7N3O. The molecule has 0 bridgehead atoms. The van der Waals surface area contributed by atoms with Crippen molar-refractivity contribution in [2.24, 2.45) is 0 Å². The number of nitrogens with zero attached hydrogens (tertiary/aromatic N) is 1. The zero-order chi connectivity index (χ0) is 8.55. The van der Waals surface area contributed by atoms with Crippen LogP contribution in [-0.4, -0.2) is 10.2 Å². The average Bonchev–Trinajstić information content (AvgIpc) is 2.12. The molecule has 1 aromatic heterocycles. The molecule has 0 saturated heterocycles. The lowest BCUT2D eigenvalue weighted by molar-refractivity contribution is 1.03. The Morgan fingerprint density at radius 2 is 2.08 bits per heavy atom. The van der Waals surface area contributed by atoms with E-state index in [0.29, 0.717) is 10.9 Å². The van der Waals surface area contributed by atoms with E-state index in [1.165, 1.54) is 0 Å². The molecule has 12 heavy (non-hydrogen) atoms. The normalized spacial score (nSPS) is 10.3. The van der Waals surface area contributed by atoms with Gasteiger partial charge in [-0.2, -0.15) is 5.10 Å². The lowest BCUT2D eigenvalue weighted by atomic mass is 10.2. The number of para-hydroxylation sites is 1. The van der Waals surface area contributed by atoms with E-state index in [-0.39, 0.29) is 11.2 Å². The van der Waals surface area contributed by atoms with E-state index in [9.17, 15) is 4.79 Å². The number of nitrogens with two attached hydrogens (primary N) is 1. The summed E-state index contributed by atoms with van der Waals surface area (Å²) in [5.41, 5.74) is 6.12. The Hall–Kier alpha value is -1.84. The number of aromatic amines is 1. The molecule has 3 N–H and O–H groups in total. The first-order chi connectivity index (χ1) is 5.79. The largest absolute Gasteiger partial charge is 0.394 e. The van der Waals surface area contributed by atoms with E-state index in [1.807, 2.05) is 12.1 Å². The van der Waals surface area contributed by atoms with E-state index in [1.54, 1.807) is 12.1 Å². The Kier molecular flexibility index (Phi) is 1.33. The van der Waals surface area contributed by atoms with Crippen molar-refractivity contribution in [1.29, 1.82) is 0 Å². The molecule has 2 aromatic rings. The maximum atomic E-state index is 11.0. The fourth-order valence-corrected chi connectivity index (χ4v) is 1.09. The minimum Gasteiger partial charge on any atom is -0.394 e. The number of rotatable bonds is 0. The summed E-state index contributed by atoms with van der Waals surface area (Å²) in [4.78, 5) is 11.0. The molecule has 0 fully saturated rings. The van der Waals surface area contributed by atoms with Gasteiger partial charge in [-0.1, -0.05) is 18.2 Å². The van der Waals surface area contributed by atoms with Crippen LogP contribution in [0.25, 0.3) is 10.9 Å². The van der Waals surface area contributed by atoms with Gasteiger partial charge in [-0.05, 0) is 6.07 Å². The summed E-state index contributed by atoms with van der Waals surface area (Å²) < 4.78 is 0. The van der Waals surface area contributed by atoms with Crippen LogP contribution in [0.4, 0.5) is 5.69 Å². The Bertz CT molecular complexity index is 475. The molecule has 2 rings (SSSR count).